The molecule has 0 unspecified atom stereocenters. The Bertz CT molecular complexity index is 745. The third-order valence-electron chi connectivity index (χ3n) is 5.81. The predicted octanol–water partition coefficient (Wildman–Crippen LogP) is 5.82. The van der Waals surface area contributed by atoms with Gasteiger partial charge in [0.25, 0.3) is 0 Å². The molecule has 0 aliphatic carbocycles. The molecule has 0 amide bonds. The highest BCUT2D eigenvalue weighted by molar-refractivity contribution is 5.46. The van der Waals surface area contributed by atoms with Gasteiger partial charge in [-0.1, -0.05) is 23.8 Å². The Balaban J connectivity index is 2.29. The SMILES string of the molecule is Cc1cc(C)c(CCc2c(C)cc(C)c(C)c2CCCN(C)C)c(C)c1. The van der Waals surface area contributed by atoms with Crippen molar-refractivity contribution >= 4 is 0 Å². The first-order chi connectivity index (χ1) is 12.2. The van der Waals surface area contributed by atoms with E-state index in [0.717, 1.165) is 19.4 Å². The summed E-state index contributed by atoms with van der Waals surface area (Å²) in [7, 11) is 4.33. The molecule has 142 valence electrons. The van der Waals surface area contributed by atoms with E-state index in [4.69, 9.17) is 0 Å². The van der Waals surface area contributed by atoms with Crippen LogP contribution in [0.25, 0.3) is 0 Å². The Kier molecular flexibility index (Phi) is 7.06. The summed E-state index contributed by atoms with van der Waals surface area (Å²) in [4.78, 5) is 2.29. The highest BCUT2D eigenvalue weighted by atomic mass is 15.0. The second kappa shape index (κ2) is 8.86. The van der Waals surface area contributed by atoms with Crippen molar-refractivity contribution in [3.63, 3.8) is 0 Å². The van der Waals surface area contributed by atoms with Crippen LogP contribution >= 0.6 is 0 Å². The molecular formula is C25H37N. The van der Waals surface area contributed by atoms with Crippen LogP contribution in [0.4, 0.5) is 0 Å². The zero-order chi connectivity index (χ0) is 19.4. The highest BCUT2D eigenvalue weighted by Crippen LogP contribution is 2.27. The molecular weight excluding hydrogens is 314 g/mol. The van der Waals surface area contributed by atoms with E-state index in [-0.39, 0.29) is 0 Å². The van der Waals surface area contributed by atoms with E-state index < -0.39 is 0 Å². The zero-order valence-corrected chi connectivity index (χ0v) is 18.2. The van der Waals surface area contributed by atoms with Gasteiger partial charge in [0.05, 0.1) is 0 Å². The number of aryl methyl sites for hydroxylation is 5. The summed E-state index contributed by atoms with van der Waals surface area (Å²) in [5, 5.41) is 0. The first-order valence-electron chi connectivity index (χ1n) is 10.0. The third-order valence-corrected chi connectivity index (χ3v) is 5.81. The molecule has 2 aromatic carbocycles. The maximum Gasteiger partial charge on any atom is -0.00217 e. The van der Waals surface area contributed by atoms with Gasteiger partial charge in [-0.2, -0.15) is 0 Å². The van der Waals surface area contributed by atoms with Crippen LogP contribution in [0.5, 0.6) is 0 Å². The fourth-order valence-electron chi connectivity index (χ4n) is 4.34. The summed E-state index contributed by atoms with van der Waals surface area (Å²) >= 11 is 0. The molecule has 0 aliphatic rings. The van der Waals surface area contributed by atoms with Crippen molar-refractivity contribution in [3.05, 3.63) is 68.3 Å². The zero-order valence-electron chi connectivity index (χ0n) is 18.2. The van der Waals surface area contributed by atoms with Crippen molar-refractivity contribution in [1.82, 2.24) is 4.90 Å². The smallest absolute Gasteiger partial charge is 0.00217 e. The molecule has 0 atom stereocenters. The largest absolute Gasteiger partial charge is 0.309 e. The van der Waals surface area contributed by atoms with Crippen LogP contribution in [-0.4, -0.2) is 25.5 Å². The van der Waals surface area contributed by atoms with Crippen LogP contribution in [-0.2, 0) is 19.3 Å². The lowest BCUT2D eigenvalue weighted by Gasteiger charge is -2.20. The van der Waals surface area contributed by atoms with Gasteiger partial charge >= 0.3 is 0 Å². The van der Waals surface area contributed by atoms with Crippen molar-refractivity contribution in [2.24, 2.45) is 0 Å². The van der Waals surface area contributed by atoms with E-state index in [9.17, 15) is 0 Å². The van der Waals surface area contributed by atoms with E-state index >= 15 is 0 Å². The van der Waals surface area contributed by atoms with E-state index in [2.05, 4.69) is 78.7 Å². The lowest BCUT2D eigenvalue weighted by atomic mass is 9.86. The molecule has 0 bridgehead atoms. The molecule has 2 rings (SSSR count). The number of hydrogen-bond donors (Lipinski definition) is 0. The van der Waals surface area contributed by atoms with E-state index in [1.165, 1.54) is 51.8 Å². The summed E-state index contributed by atoms with van der Waals surface area (Å²) in [5.74, 6) is 0. The summed E-state index contributed by atoms with van der Waals surface area (Å²) in [6.45, 7) is 14.7. The Morgan fingerprint density at radius 1 is 0.615 bits per heavy atom. The van der Waals surface area contributed by atoms with E-state index in [1.54, 1.807) is 11.1 Å². The Labute approximate surface area is 161 Å². The Hall–Kier alpha value is -1.60. The summed E-state index contributed by atoms with van der Waals surface area (Å²) in [6.07, 6.45) is 4.71. The minimum absolute atomic E-state index is 1.14. The summed E-state index contributed by atoms with van der Waals surface area (Å²) in [5.41, 5.74) is 13.4. The summed E-state index contributed by atoms with van der Waals surface area (Å²) in [6, 6.07) is 7.04. The van der Waals surface area contributed by atoms with Crippen molar-refractivity contribution in [2.75, 3.05) is 20.6 Å². The Morgan fingerprint density at radius 3 is 1.73 bits per heavy atom. The fraction of sp³-hybridized carbons (Fsp3) is 0.520. The quantitative estimate of drug-likeness (QED) is 0.608. The van der Waals surface area contributed by atoms with Gasteiger partial charge in [0, 0.05) is 0 Å². The van der Waals surface area contributed by atoms with Gasteiger partial charge in [-0.3, -0.25) is 0 Å². The molecule has 0 saturated heterocycles. The molecule has 2 aromatic rings. The number of nitrogens with zero attached hydrogens (tertiary/aromatic N) is 1. The standard InChI is InChI=1S/C25H37N/c1-17-14-19(3)23(20(4)15-17)11-12-24-21(5)16-18(2)22(6)25(24)10-9-13-26(7)8/h14-16H,9-13H2,1-8H3. The molecule has 0 radical (unpaired) electrons. The number of rotatable bonds is 7. The molecule has 0 N–H and O–H groups in total. The second-order valence-corrected chi connectivity index (χ2v) is 8.38. The van der Waals surface area contributed by atoms with Gasteiger partial charge in [-0.25, -0.2) is 0 Å². The molecule has 0 saturated carbocycles. The molecule has 0 spiro atoms. The van der Waals surface area contributed by atoms with Crippen molar-refractivity contribution in [1.29, 1.82) is 0 Å². The lowest BCUT2D eigenvalue weighted by molar-refractivity contribution is 0.400. The average molecular weight is 352 g/mol. The number of hydrogen-bond acceptors (Lipinski definition) is 1. The maximum atomic E-state index is 2.38. The number of benzene rings is 2. The second-order valence-electron chi connectivity index (χ2n) is 8.38. The van der Waals surface area contributed by atoms with Gasteiger partial charge in [-0.05, 0) is 132 Å². The van der Waals surface area contributed by atoms with Crippen molar-refractivity contribution in [3.8, 4) is 0 Å². The van der Waals surface area contributed by atoms with Crippen LogP contribution in [0.15, 0.2) is 18.2 Å². The van der Waals surface area contributed by atoms with E-state index in [0.29, 0.717) is 0 Å². The van der Waals surface area contributed by atoms with Crippen LogP contribution in [0.1, 0.15) is 56.5 Å². The van der Waals surface area contributed by atoms with Gasteiger partial charge in [0.2, 0.25) is 0 Å². The highest BCUT2D eigenvalue weighted by Gasteiger charge is 2.13. The van der Waals surface area contributed by atoms with Crippen LogP contribution in [0.3, 0.4) is 0 Å². The first kappa shape index (κ1) is 20.7. The van der Waals surface area contributed by atoms with Crippen LogP contribution in [0.2, 0.25) is 0 Å². The monoisotopic (exact) mass is 351 g/mol. The van der Waals surface area contributed by atoms with Gasteiger partial charge in [-0.15, -0.1) is 0 Å². The fourth-order valence-corrected chi connectivity index (χ4v) is 4.34. The maximum absolute atomic E-state index is 2.38. The molecule has 0 heterocycles. The summed E-state index contributed by atoms with van der Waals surface area (Å²) < 4.78 is 0. The first-order valence-corrected chi connectivity index (χ1v) is 10.0. The van der Waals surface area contributed by atoms with Gasteiger partial charge < -0.3 is 4.90 Å². The van der Waals surface area contributed by atoms with Gasteiger partial charge in [0.1, 0.15) is 0 Å². The molecule has 0 aliphatic heterocycles. The van der Waals surface area contributed by atoms with Crippen LogP contribution in [0, 0.1) is 41.5 Å². The molecule has 26 heavy (non-hydrogen) atoms. The third kappa shape index (κ3) is 4.98. The normalized spacial score (nSPS) is 11.4. The van der Waals surface area contributed by atoms with Gasteiger partial charge in [0.15, 0.2) is 0 Å². The minimum atomic E-state index is 1.14. The molecule has 1 heteroatoms. The topological polar surface area (TPSA) is 3.24 Å². The predicted molar refractivity (Wildman–Crippen MR) is 116 cm³/mol. The molecule has 1 nitrogen and oxygen atoms in total. The molecule has 0 fully saturated rings. The Morgan fingerprint density at radius 2 is 1.15 bits per heavy atom. The average Bonchev–Trinajstić information content (AvgIpc) is 2.52. The van der Waals surface area contributed by atoms with Crippen molar-refractivity contribution < 1.29 is 0 Å². The minimum Gasteiger partial charge on any atom is -0.309 e. The van der Waals surface area contributed by atoms with Crippen molar-refractivity contribution in [2.45, 2.75) is 67.2 Å². The molecule has 0 aromatic heterocycles. The van der Waals surface area contributed by atoms with E-state index in [1.807, 2.05) is 0 Å². The lowest BCUT2D eigenvalue weighted by Crippen LogP contribution is -2.14. The van der Waals surface area contributed by atoms with Crippen LogP contribution < -0.4 is 0 Å².